The lowest BCUT2D eigenvalue weighted by Crippen LogP contribution is -2.01. The normalized spacial score (nSPS) is 11.3. The van der Waals surface area contributed by atoms with Crippen molar-refractivity contribution in [3.05, 3.63) is 42.5 Å². The van der Waals surface area contributed by atoms with E-state index in [4.69, 9.17) is 14.5 Å². The molecule has 0 N–H and O–H groups in total. The number of ether oxygens (including phenoxy) is 2. The van der Waals surface area contributed by atoms with Gasteiger partial charge in [-0.15, -0.1) is 0 Å². The molecular formula is C31H46N2O2. The van der Waals surface area contributed by atoms with Gasteiger partial charge in [0.2, 0.25) is 0 Å². The van der Waals surface area contributed by atoms with Crippen LogP contribution in [0.3, 0.4) is 0 Å². The second-order valence-corrected chi connectivity index (χ2v) is 9.74. The molecule has 3 aromatic rings. The van der Waals surface area contributed by atoms with Gasteiger partial charge in [-0.05, 0) is 36.8 Å². The molecule has 0 aliphatic rings. The minimum atomic E-state index is 0.736. The average molecular weight is 479 g/mol. The van der Waals surface area contributed by atoms with Crippen molar-refractivity contribution >= 4 is 11.0 Å². The fourth-order valence-electron chi connectivity index (χ4n) is 4.96. The molecule has 35 heavy (non-hydrogen) atoms. The molecule has 3 rings (SSSR count). The molecule has 0 aliphatic carbocycles. The third-order valence-electron chi connectivity index (χ3n) is 7.03. The topological polar surface area (TPSA) is 36.3 Å². The molecule has 0 spiro atoms. The summed E-state index contributed by atoms with van der Waals surface area (Å²) in [5.41, 5.74) is 3.30. The van der Waals surface area contributed by atoms with Crippen molar-refractivity contribution in [2.75, 3.05) is 14.2 Å². The first kappa shape index (κ1) is 27.1. The minimum Gasteiger partial charge on any atom is -0.493 e. The molecule has 192 valence electrons. The second kappa shape index (κ2) is 15.5. The van der Waals surface area contributed by atoms with Crippen LogP contribution >= 0.6 is 0 Å². The highest BCUT2D eigenvalue weighted by Gasteiger charge is 2.14. The van der Waals surface area contributed by atoms with E-state index >= 15 is 0 Å². The molecule has 0 aliphatic heterocycles. The number of nitrogens with zero attached hydrogens (tertiary/aromatic N) is 2. The Morgan fingerprint density at radius 2 is 1.23 bits per heavy atom. The van der Waals surface area contributed by atoms with Crippen LogP contribution in [0.4, 0.5) is 0 Å². The Kier molecular flexibility index (Phi) is 12.0. The summed E-state index contributed by atoms with van der Waals surface area (Å²) in [6.45, 7) is 3.28. The molecule has 0 unspecified atom stereocenters. The zero-order valence-electron chi connectivity index (χ0n) is 22.4. The van der Waals surface area contributed by atoms with Gasteiger partial charge in [0.1, 0.15) is 5.82 Å². The van der Waals surface area contributed by atoms with Crippen LogP contribution in [0.25, 0.3) is 22.4 Å². The summed E-state index contributed by atoms with van der Waals surface area (Å²) in [5, 5.41) is 0. The van der Waals surface area contributed by atoms with Crippen molar-refractivity contribution in [3.63, 3.8) is 0 Å². The van der Waals surface area contributed by atoms with E-state index in [1.807, 2.05) is 12.1 Å². The number of benzene rings is 2. The van der Waals surface area contributed by atoms with Gasteiger partial charge in [-0.3, -0.25) is 0 Å². The summed E-state index contributed by atoms with van der Waals surface area (Å²) in [7, 11) is 3.35. The maximum absolute atomic E-state index is 5.54. The minimum absolute atomic E-state index is 0.736. The summed E-state index contributed by atoms with van der Waals surface area (Å²) in [6, 6.07) is 14.5. The molecule has 0 amide bonds. The van der Waals surface area contributed by atoms with Gasteiger partial charge in [0, 0.05) is 12.1 Å². The number of hydrogen-bond donors (Lipinski definition) is 0. The van der Waals surface area contributed by atoms with Crippen molar-refractivity contribution in [1.29, 1.82) is 0 Å². The van der Waals surface area contributed by atoms with E-state index in [-0.39, 0.29) is 0 Å². The number of fused-ring (bicyclic) bond motifs is 1. The third kappa shape index (κ3) is 8.30. The highest BCUT2D eigenvalue weighted by molar-refractivity contribution is 5.81. The smallest absolute Gasteiger partial charge is 0.161 e. The number of methoxy groups -OCH3 is 2. The molecule has 1 heterocycles. The first-order valence-corrected chi connectivity index (χ1v) is 14.0. The SMILES string of the molecule is CCCCCCCCCCCCCCCCn1c(-c2ccc(OC)c(OC)c2)nc2ccccc21. The lowest BCUT2D eigenvalue weighted by Gasteiger charge is -2.12. The Balaban J connectivity index is 1.44. The molecule has 4 heteroatoms. The van der Waals surface area contributed by atoms with Crippen LogP contribution < -0.4 is 9.47 Å². The highest BCUT2D eigenvalue weighted by atomic mass is 16.5. The number of aromatic nitrogens is 2. The summed E-state index contributed by atoms with van der Waals surface area (Å²) >= 11 is 0. The van der Waals surface area contributed by atoms with Gasteiger partial charge in [0.05, 0.1) is 25.3 Å². The monoisotopic (exact) mass is 478 g/mol. The van der Waals surface area contributed by atoms with Crippen molar-refractivity contribution < 1.29 is 9.47 Å². The molecule has 0 saturated heterocycles. The van der Waals surface area contributed by atoms with Crippen LogP contribution in [0.15, 0.2) is 42.5 Å². The fourth-order valence-corrected chi connectivity index (χ4v) is 4.96. The van der Waals surface area contributed by atoms with Gasteiger partial charge < -0.3 is 14.0 Å². The van der Waals surface area contributed by atoms with Crippen molar-refractivity contribution in [2.24, 2.45) is 0 Å². The fraction of sp³-hybridized carbons (Fsp3) is 0.581. The molecule has 0 atom stereocenters. The first-order chi connectivity index (χ1) is 17.3. The highest BCUT2D eigenvalue weighted by Crippen LogP contribution is 2.33. The number of para-hydroxylation sites is 2. The number of imidazole rings is 1. The Labute approximate surface area is 213 Å². The summed E-state index contributed by atoms with van der Waals surface area (Å²) in [4.78, 5) is 4.96. The van der Waals surface area contributed by atoms with Crippen molar-refractivity contribution in [3.8, 4) is 22.9 Å². The van der Waals surface area contributed by atoms with Gasteiger partial charge in [-0.1, -0.05) is 103 Å². The van der Waals surface area contributed by atoms with Crippen LogP contribution in [0, 0.1) is 0 Å². The number of aryl methyl sites for hydroxylation is 1. The predicted octanol–water partition coefficient (Wildman–Crippen LogP) is 9.20. The third-order valence-corrected chi connectivity index (χ3v) is 7.03. The van der Waals surface area contributed by atoms with Crippen LogP contribution in [-0.4, -0.2) is 23.8 Å². The van der Waals surface area contributed by atoms with Crippen LogP contribution in [0.5, 0.6) is 11.5 Å². The van der Waals surface area contributed by atoms with Gasteiger partial charge in [-0.25, -0.2) is 4.98 Å². The molecule has 0 saturated carbocycles. The van der Waals surface area contributed by atoms with E-state index in [0.717, 1.165) is 34.9 Å². The summed E-state index contributed by atoms with van der Waals surface area (Å²) in [6.07, 6.45) is 19.3. The second-order valence-electron chi connectivity index (χ2n) is 9.74. The van der Waals surface area contributed by atoms with E-state index in [0.29, 0.717) is 0 Å². The number of hydrogen-bond acceptors (Lipinski definition) is 3. The van der Waals surface area contributed by atoms with E-state index in [9.17, 15) is 0 Å². The van der Waals surface area contributed by atoms with Crippen LogP contribution in [0.2, 0.25) is 0 Å². The van der Waals surface area contributed by atoms with E-state index in [2.05, 4.69) is 41.8 Å². The van der Waals surface area contributed by atoms with Gasteiger partial charge in [0.25, 0.3) is 0 Å². The number of rotatable bonds is 18. The summed E-state index contributed by atoms with van der Waals surface area (Å²) < 4.78 is 13.3. The molecular weight excluding hydrogens is 432 g/mol. The molecule has 1 aromatic heterocycles. The molecule has 0 bridgehead atoms. The predicted molar refractivity (Wildman–Crippen MR) is 149 cm³/mol. The Morgan fingerprint density at radius 3 is 1.83 bits per heavy atom. The molecule has 0 radical (unpaired) electrons. The average Bonchev–Trinajstić information content (AvgIpc) is 3.27. The maximum atomic E-state index is 5.54. The van der Waals surface area contributed by atoms with Crippen LogP contribution in [0.1, 0.15) is 96.8 Å². The first-order valence-electron chi connectivity index (χ1n) is 14.0. The molecule has 4 nitrogen and oxygen atoms in total. The van der Waals surface area contributed by atoms with E-state index < -0.39 is 0 Å². The number of unbranched alkanes of at least 4 members (excludes halogenated alkanes) is 13. The van der Waals surface area contributed by atoms with Crippen molar-refractivity contribution in [2.45, 2.75) is 103 Å². The Hall–Kier alpha value is -2.49. The maximum Gasteiger partial charge on any atom is 0.161 e. The lowest BCUT2D eigenvalue weighted by molar-refractivity contribution is 0.355. The van der Waals surface area contributed by atoms with E-state index in [1.165, 1.54) is 95.4 Å². The van der Waals surface area contributed by atoms with Crippen LogP contribution in [-0.2, 0) is 6.54 Å². The lowest BCUT2D eigenvalue weighted by atomic mass is 10.0. The molecule has 2 aromatic carbocycles. The van der Waals surface area contributed by atoms with E-state index in [1.54, 1.807) is 14.2 Å². The summed E-state index contributed by atoms with van der Waals surface area (Å²) in [5.74, 6) is 2.48. The quantitative estimate of drug-likeness (QED) is 0.171. The van der Waals surface area contributed by atoms with Gasteiger partial charge in [0.15, 0.2) is 11.5 Å². The Bertz CT molecular complexity index is 995. The Morgan fingerprint density at radius 1 is 0.657 bits per heavy atom. The van der Waals surface area contributed by atoms with Gasteiger partial charge >= 0.3 is 0 Å². The van der Waals surface area contributed by atoms with Crippen molar-refractivity contribution in [1.82, 2.24) is 9.55 Å². The van der Waals surface area contributed by atoms with Gasteiger partial charge in [-0.2, -0.15) is 0 Å². The standard InChI is InChI=1S/C31H46N2O2/c1-4-5-6-7-8-9-10-11-12-13-14-15-16-19-24-33-28-21-18-17-20-27(28)32-31(33)26-22-23-29(34-2)30(25-26)35-3/h17-18,20-23,25H,4-16,19,24H2,1-3H3. The largest absolute Gasteiger partial charge is 0.493 e. The zero-order chi connectivity index (χ0) is 24.7. The molecule has 0 fully saturated rings. The zero-order valence-corrected chi connectivity index (χ0v) is 22.4.